The molecule has 3 fully saturated rings. The maximum absolute atomic E-state index is 13.5. The van der Waals surface area contributed by atoms with E-state index in [4.69, 9.17) is 0 Å². The van der Waals surface area contributed by atoms with Crippen molar-refractivity contribution in [3.05, 3.63) is 28.7 Å². The second-order valence-electron chi connectivity index (χ2n) is 9.15. The first-order chi connectivity index (χ1) is 14.7. The summed E-state index contributed by atoms with van der Waals surface area (Å²) in [5.41, 5.74) is 6.98. The van der Waals surface area contributed by atoms with E-state index < -0.39 is 10.0 Å². The molecule has 8 nitrogen and oxygen atoms in total. The van der Waals surface area contributed by atoms with E-state index in [1.54, 1.807) is 34.5 Å². The number of nitrogens with zero attached hydrogens (tertiary/aromatic N) is 2. The molecule has 4 atom stereocenters. The van der Waals surface area contributed by atoms with E-state index in [9.17, 15) is 13.2 Å². The Morgan fingerprint density at radius 2 is 1.94 bits per heavy atom. The molecule has 1 aromatic heterocycles. The second-order valence-corrected chi connectivity index (χ2v) is 14.0. The number of aromatic nitrogens is 2. The summed E-state index contributed by atoms with van der Waals surface area (Å²) in [6.45, 7) is 6.81. The Morgan fingerprint density at radius 1 is 1.16 bits per heavy atom. The Bertz CT molecular complexity index is 1170. The molecule has 4 unspecified atom stereocenters. The topological polar surface area (TPSA) is 97.2 Å². The van der Waals surface area contributed by atoms with Crippen molar-refractivity contribution in [2.45, 2.75) is 84.8 Å². The zero-order valence-corrected chi connectivity index (χ0v) is 20.4. The van der Waals surface area contributed by atoms with Gasteiger partial charge in [0.1, 0.15) is 0 Å². The zero-order chi connectivity index (χ0) is 22.0. The lowest BCUT2D eigenvalue weighted by Crippen LogP contribution is -2.36. The standard InChI is InChI=1S/C20H29N5O3S3/c1-12-4-5-14(29-12)11-24-16-7-6-15(31(27,28)23-20(3)8-9-20)10-17(16)25(19(24)26)18-22-21-13(2)30-18/h6-7,10,12-14,18,21-23H,4-5,8-9,11H2,1-3H3. The van der Waals surface area contributed by atoms with E-state index in [-0.39, 0.29) is 27.0 Å². The molecule has 0 amide bonds. The molecule has 5 rings (SSSR count). The number of fused-ring (bicyclic) bond motifs is 1. The minimum absolute atomic E-state index is 0.104. The van der Waals surface area contributed by atoms with E-state index >= 15 is 0 Å². The van der Waals surface area contributed by atoms with Crippen LogP contribution in [-0.4, -0.2) is 39.0 Å². The average molecular weight is 484 g/mol. The van der Waals surface area contributed by atoms with Crippen molar-refractivity contribution in [1.82, 2.24) is 24.7 Å². The van der Waals surface area contributed by atoms with Gasteiger partial charge in [-0.2, -0.15) is 11.8 Å². The quantitative estimate of drug-likeness (QED) is 0.581. The zero-order valence-electron chi connectivity index (χ0n) is 17.9. The third kappa shape index (κ3) is 4.20. The van der Waals surface area contributed by atoms with Gasteiger partial charge in [0.15, 0.2) is 5.50 Å². The average Bonchev–Trinajstić information content (AvgIpc) is 3.03. The van der Waals surface area contributed by atoms with Crippen LogP contribution < -0.4 is 21.3 Å². The van der Waals surface area contributed by atoms with Gasteiger partial charge in [0.05, 0.1) is 21.3 Å². The van der Waals surface area contributed by atoms with Gasteiger partial charge < -0.3 is 0 Å². The van der Waals surface area contributed by atoms with Gasteiger partial charge in [-0.1, -0.05) is 18.7 Å². The Hall–Kier alpha value is -0.980. The normalized spacial score (nSPS) is 30.3. The molecule has 3 N–H and O–H groups in total. The molecule has 0 spiro atoms. The predicted molar refractivity (Wildman–Crippen MR) is 127 cm³/mol. The van der Waals surface area contributed by atoms with E-state index in [1.165, 1.54) is 0 Å². The number of hydrogen-bond acceptors (Lipinski definition) is 7. The van der Waals surface area contributed by atoms with Crippen LogP contribution in [-0.2, 0) is 16.6 Å². The lowest BCUT2D eigenvalue weighted by atomic mass is 10.2. The number of hydrogen-bond donors (Lipinski definition) is 3. The largest absolute Gasteiger partial charge is 0.331 e. The molecule has 0 bridgehead atoms. The maximum atomic E-state index is 13.5. The van der Waals surface area contributed by atoms with Crippen LogP contribution in [0.4, 0.5) is 0 Å². The lowest BCUT2D eigenvalue weighted by Gasteiger charge is -2.14. The van der Waals surface area contributed by atoms with Crippen molar-refractivity contribution in [2.75, 3.05) is 0 Å². The summed E-state index contributed by atoms with van der Waals surface area (Å²) < 4.78 is 32.3. The van der Waals surface area contributed by atoms with E-state index in [0.717, 1.165) is 31.2 Å². The van der Waals surface area contributed by atoms with Gasteiger partial charge in [0.25, 0.3) is 0 Å². The first kappa shape index (κ1) is 21.8. The van der Waals surface area contributed by atoms with Gasteiger partial charge in [-0.3, -0.25) is 9.13 Å². The van der Waals surface area contributed by atoms with Crippen molar-refractivity contribution in [2.24, 2.45) is 0 Å². The predicted octanol–water partition coefficient (Wildman–Crippen LogP) is 2.56. The molecule has 31 heavy (non-hydrogen) atoms. The lowest BCUT2D eigenvalue weighted by molar-refractivity contribution is 0.474. The third-order valence-corrected chi connectivity index (χ3v) is 10.5. The van der Waals surface area contributed by atoms with Crippen molar-refractivity contribution in [1.29, 1.82) is 0 Å². The molecule has 170 valence electrons. The Labute approximate surface area is 190 Å². The minimum atomic E-state index is -3.65. The highest BCUT2D eigenvalue weighted by Crippen LogP contribution is 2.37. The Morgan fingerprint density at radius 3 is 2.55 bits per heavy atom. The minimum Gasteiger partial charge on any atom is -0.291 e. The van der Waals surface area contributed by atoms with Crippen molar-refractivity contribution < 1.29 is 8.42 Å². The maximum Gasteiger partial charge on any atom is 0.331 e. The number of imidazole rings is 1. The molecule has 2 aromatic rings. The van der Waals surface area contributed by atoms with Crippen molar-refractivity contribution >= 4 is 44.6 Å². The van der Waals surface area contributed by atoms with Gasteiger partial charge in [-0.05, 0) is 57.7 Å². The monoisotopic (exact) mass is 483 g/mol. The highest BCUT2D eigenvalue weighted by molar-refractivity contribution is 8.00. The van der Waals surface area contributed by atoms with Crippen molar-refractivity contribution in [3.63, 3.8) is 0 Å². The number of rotatable bonds is 6. The van der Waals surface area contributed by atoms with Crippen LogP contribution >= 0.6 is 23.5 Å². The van der Waals surface area contributed by atoms with E-state index in [2.05, 4.69) is 22.5 Å². The molecule has 3 heterocycles. The number of nitrogens with one attached hydrogen (secondary N) is 3. The van der Waals surface area contributed by atoms with Gasteiger partial charge >= 0.3 is 5.69 Å². The summed E-state index contributed by atoms with van der Waals surface area (Å²) in [7, 11) is -3.65. The Balaban J connectivity index is 1.59. The smallest absolute Gasteiger partial charge is 0.291 e. The summed E-state index contributed by atoms with van der Waals surface area (Å²) in [6.07, 6.45) is 3.95. The number of thioether (sulfide) groups is 2. The summed E-state index contributed by atoms with van der Waals surface area (Å²) in [5, 5.41) is 1.15. The third-order valence-electron chi connectivity index (χ3n) is 6.31. The fraction of sp³-hybridized carbons (Fsp3) is 0.650. The summed E-state index contributed by atoms with van der Waals surface area (Å²) in [5.74, 6) is 0. The fourth-order valence-electron chi connectivity index (χ4n) is 4.30. The first-order valence-electron chi connectivity index (χ1n) is 10.8. The number of sulfonamides is 1. The van der Waals surface area contributed by atoms with Crippen molar-refractivity contribution in [3.8, 4) is 0 Å². The summed E-state index contributed by atoms with van der Waals surface area (Å²) in [4.78, 5) is 13.7. The van der Waals surface area contributed by atoms with E-state index in [1.807, 2.05) is 30.2 Å². The van der Waals surface area contributed by atoms with Crippen LogP contribution in [0.5, 0.6) is 0 Å². The Kier molecular flexibility index (Phi) is 5.50. The molecule has 1 aromatic carbocycles. The fourth-order valence-corrected chi connectivity index (χ4v) is 8.21. The SMILES string of the molecule is CC1CCC(Cn2c(=O)n(C3NNC(C)S3)c3cc(S(=O)(=O)NC4(C)CC4)ccc32)S1. The molecule has 11 heteroatoms. The number of hydrazine groups is 1. The van der Waals surface area contributed by atoms with Gasteiger partial charge in [-0.25, -0.2) is 28.8 Å². The van der Waals surface area contributed by atoms with Crippen LogP contribution in [0.1, 0.15) is 52.0 Å². The molecule has 2 saturated heterocycles. The van der Waals surface area contributed by atoms with Crippen LogP contribution in [0, 0.1) is 0 Å². The highest BCUT2D eigenvalue weighted by atomic mass is 32.2. The highest BCUT2D eigenvalue weighted by Gasteiger charge is 2.41. The van der Waals surface area contributed by atoms with Crippen LogP contribution in [0.25, 0.3) is 11.0 Å². The molecule has 0 radical (unpaired) electrons. The molecule has 3 aliphatic rings. The van der Waals surface area contributed by atoms with Crippen LogP contribution in [0.15, 0.2) is 27.9 Å². The molecule has 1 saturated carbocycles. The molecular weight excluding hydrogens is 454 g/mol. The second kappa shape index (κ2) is 7.81. The molecule has 1 aliphatic carbocycles. The van der Waals surface area contributed by atoms with Gasteiger partial charge in [0.2, 0.25) is 10.0 Å². The molecular formula is C20H29N5O3S3. The molecule has 2 aliphatic heterocycles. The van der Waals surface area contributed by atoms with Gasteiger partial charge in [0, 0.05) is 22.6 Å². The van der Waals surface area contributed by atoms with E-state index in [0.29, 0.717) is 22.6 Å². The number of benzene rings is 1. The van der Waals surface area contributed by atoms with Gasteiger partial charge in [-0.15, -0.1) is 0 Å². The van der Waals surface area contributed by atoms with Crippen LogP contribution in [0.2, 0.25) is 0 Å². The van der Waals surface area contributed by atoms with Crippen LogP contribution in [0.3, 0.4) is 0 Å². The summed E-state index contributed by atoms with van der Waals surface area (Å²) >= 11 is 3.53. The summed E-state index contributed by atoms with van der Waals surface area (Å²) in [6, 6.07) is 5.06. The first-order valence-corrected chi connectivity index (χ1v) is 14.1.